The molecule has 342 valence electrons. The molecule has 2 heterocycles. The number of rotatable bonds is 39. The van der Waals surface area contributed by atoms with Gasteiger partial charge in [-0.2, -0.15) is 0 Å². The fourth-order valence-corrected chi connectivity index (χ4v) is 10.4. The summed E-state index contributed by atoms with van der Waals surface area (Å²) >= 11 is 0. The van der Waals surface area contributed by atoms with Crippen molar-refractivity contribution in [1.82, 2.24) is 19.6 Å². The first-order valence-electron chi connectivity index (χ1n) is 24.1. The summed E-state index contributed by atoms with van der Waals surface area (Å²) in [5, 5.41) is 0. The second-order valence-corrected chi connectivity index (χ2v) is 19.9. The first-order valence-corrected chi connectivity index (χ1v) is 27.1. The molecule has 12 nitrogen and oxygen atoms in total. The van der Waals surface area contributed by atoms with Gasteiger partial charge in [0.1, 0.15) is 0 Å². The van der Waals surface area contributed by atoms with Gasteiger partial charge in [-0.1, -0.05) is 162 Å². The van der Waals surface area contributed by atoms with Crippen LogP contribution in [0.2, 0.25) is 0 Å². The average Bonchev–Trinajstić information content (AvgIpc) is 3.73. The van der Waals surface area contributed by atoms with Crippen LogP contribution < -0.4 is 0 Å². The number of guanidine groups is 2. The van der Waals surface area contributed by atoms with Gasteiger partial charge in [-0.05, 0) is 32.6 Å². The monoisotopic (exact) mass is 861 g/mol. The van der Waals surface area contributed by atoms with E-state index < -0.39 is 15.5 Å². The van der Waals surface area contributed by atoms with Crippen molar-refractivity contribution < 1.29 is 27.2 Å². The molecule has 2 saturated heterocycles. The molecule has 2 fully saturated rings. The molecule has 2 unspecified atom stereocenters. The van der Waals surface area contributed by atoms with Crippen LogP contribution in [0.4, 0.5) is 0 Å². The summed E-state index contributed by atoms with van der Waals surface area (Å²) in [6.45, 7) is 14.3. The maximum absolute atomic E-state index is 14.2. The van der Waals surface area contributed by atoms with E-state index in [2.05, 4.69) is 40.2 Å². The van der Waals surface area contributed by atoms with Crippen LogP contribution in [0.1, 0.15) is 195 Å². The largest absolute Gasteiger partial charge is 0.457 e. The Hall–Kier alpha value is -1.16. The Labute approximate surface area is 357 Å². The van der Waals surface area contributed by atoms with Crippen LogP contribution in [0.5, 0.6) is 0 Å². The quantitative estimate of drug-likeness (QED) is 0.0438. The summed E-state index contributed by atoms with van der Waals surface area (Å²) in [6, 6.07) is 0. The highest BCUT2D eigenvalue weighted by Gasteiger charge is 2.33. The molecule has 2 rings (SSSR count). The van der Waals surface area contributed by atoms with Crippen molar-refractivity contribution in [2.75, 3.05) is 79.8 Å². The fourth-order valence-electron chi connectivity index (χ4n) is 7.58. The fraction of sp³-hybridized carbons (Fsp3) is 0.955. The van der Waals surface area contributed by atoms with Gasteiger partial charge in [-0.25, -0.2) is 9.13 Å². The van der Waals surface area contributed by atoms with Crippen LogP contribution in [0.15, 0.2) is 9.53 Å². The van der Waals surface area contributed by atoms with Crippen LogP contribution in [-0.4, -0.2) is 111 Å². The lowest BCUT2D eigenvalue weighted by molar-refractivity contribution is 0.173. The summed E-state index contributed by atoms with van der Waals surface area (Å²) in [5.74, 6) is 1.35. The summed E-state index contributed by atoms with van der Waals surface area (Å²) in [5.41, 5.74) is 0. The summed E-state index contributed by atoms with van der Waals surface area (Å²) in [7, 11) is -3.63. The average molecular weight is 861 g/mol. The van der Waals surface area contributed by atoms with Crippen molar-refractivity contribution in [3.63, 3.8) is 0 Å². The lowest BCUT2D eigenvalue weighted by atomic mass is 10.1. The molecule has 0 aromatic heterocycles. The SMILES string of the molecule is CCCCCCCCCCCCN1CCN(C)C1=NP(=O)(OCC)OCCCOP(=O)(N=C1N(C)CCN1CCCCCCCCCCCC)OCCCCCCC. The molecule has 0 saturated carbocycles. The third kappa shape index (κ3) is 23.7. The molecule has 0 bridgehead atoms. The van der Waals surface area contributed by atoms with Crippen molar-refractivity contribution in [1.29, 1.82) is 0 Å². The number of hydrogen-bond acceptors (Lipinski definition) is 6. The van der Waals surface area contributed by atoms with Crippen LogP contribution in [0, 0.1) is 0 Å². The van der Waals surface area contributed by atoms with Gasteiger partial charge in [0.25, 0.3) is 0 Å². The van der Waals surface area contributed by atoms with Gasteiger partial charge in [0, 0.05) is 53.4 Å². The van der Waals surface area contributed by atoms with Crippen molar-refractivity contribution in [2.24, 2.45) is 9.53 Å². The second-order valence-electron chi connectivity index (χ2n) is 16.6. The van der Waals surface area contributed by atoms with Gasteiger partial charge in [-0.15, -0.1) is 9.53 Å². The van der Waals surface area contributed by atoms with Gasteiger partial charge in [0.2, 0.25) is 11.9 Å². The molecule has 2 aliphatic heterocycles. The minimum atomic E-state index is -3.82. The lowest BCUT2D eigenvalue weighted by Gasteiger charge is -2.23. The lowest BCUT2D eigenvalue weighted by Crippen LogP contribution is -2.32. The molecule has 0 aromatic rings. The van der Waals surface area contributed by atoms with E-state index in [4.69, 9.17) is 22.9 Å². The zero-order valence-electron chi connectivity index (χ0n) is 38.5. The first kappa shape index (κ1) is 53.0. The molecule has 0 aromatic carbocycles. The van der Waals surface area contributed by atoms with Crippen molar-refractivity contribution in [3.8, 4) is 0 Å². The zero-order valence-corrected chi connectivity index (χ0v) is 40.3. The smallest absolute Gasteiger partial charge is 0.344 e. The van der Waals surface area contributed by atoms with Gasteiger partial charge >= 0.3 is 15.5 Å². The molecule has 0 spiro atoms. The third-order valence-corrected chi connectivity index (χ3v) is 14.2. The highest BCUT2D eigenvalue weighted by molar-refractivity contribution is 7.52. The number of nitrogens with zero attached hydrogens (tertiary/aromatic N) is 6. The van der Waals surface area contributed by atoms with Gasteiger partial charge < -0.3 is 19.6 Å². The summed E-state index contributed by atoms with van der Waals surface area (Å²) < 4.78 is 61.0. The predicted molar refractivity (Wildman–Crippen MR) is 245 cm³/mol. The Morgan fingerprint density at radius 2 is 0.724 bits per heavy atom. The number of unbranched alkanes of at least 4 members (excludes halogenated alkanes) is 22. The highest BCUT2D eigenvalue weighted by atomic mass is 31.2. The Morgan fingerprint density at radius 3 is 1.09 bits per heavy atom. The maximum Gasteiger partial charge on any atom is 0.457 e. The van der Waals surface area contributed by atoms with Gasteiger partial charge in [0.15, 0.2) is 0 Å². The minimum absolute atomic E-state index is 0.0779. The van der Waals surface area contributed by atoms with E-state index in [1.807, 2.05) is 19.0 Å². The predicted octanol–water partition coefficient (Wildman–Crippen LogP) is 12.7. The molecular formula is C44H90N6O6P2. The molecule has 58 heavy (non-hydrogen) atoms. The molecule has 2 aliphatic rings. The number of likely N-dealkylation sites (N-methyl/N-ethyl adjacent to an activating group) is 2. The first-order chi connectivity index (χ1) is 28.2. The van der Waals surface area contributed by atoms with Crippen LogP contribution in [-0.2, 0) is 27.2 Å². The number of hydrogen-bond donors (Lipinski definition) is 0. The Balaban J connectivity index is 1.92. The molecular weight excluding hydrogens is 770 g/mol. The van der Waals surface area contributed by atoms with E-state index in [0.29, 0.717) is 24.9 Å². The van der Waals surface area contributed by atoms with Gasteiger partial charge in [-0.3, -0.25) is 18.1 Å². The van der Waals surface area contributed by atoms with Crippen molar-refractivity contribution >= 4 is 27.4 Å². The van der Waals surface area contributed by atoms with E-state index in [1.54, 1.807) is 6.92 Å². The minimum Gasteiger partial charge on any atom is -0.344 e. The zero-order chi connectivity index (χ0) is 42.2. The molecule has 0 radical (unpaired) electrons. The van der Waals surface area contributed by atoms with E-state index >= 15 is 0 Å². The third-order valence-electron chi connectivity index (χ3n) is 11.2. The van der Waals surface area contributed by atoms with Gasteiger partial charge in [0.05, 0.1) is 26.4 Å². The van der Waals surface area contributed by atoms with E-state index in [0.717, 1.165) is 77.8 Å². The highest BCUT2D eigenvalue weighted by Crippen LogP contribution is 2.52. The summed E-state index contributed by atoms with van der Waals surface area (Å²) in [6.07, 6.45) is 31.4. The summed E-state index contributed by atoms with van der Waals surface area (Å²) in [4.78, 5) is 8.52. The molecule has 0 N–H and O–H groups in total. The van der Waals surface area contributed by atoms with Crippen LogP contribution in [0.25, 0.3) is 0 Å². The van der Waals surface area contributed by atoms with Crippen molar-refractivity contribution in [3.05, 3.63) is 0 Å². The standard InChI is InChI=1S/C44H90N6O6P2/c1-7-11-14-17-19-21-23-25-27-30-34-49-38-36-47(5)43(49)45-57(51,53-10-4)55-41-33-42-56-58(52,54-40-32-29-16-13-9-3)46-44-48(6)37-39-50(44)35-31-28-26-24-22-20-18-15-12-8-2/h7-42H2,1-6H3. The maximum atomic E-state index is 14.2. The van der Waals surface area contributed by atoms with Crippen LogP contribution >= 0.6 is 15.5 Å². The van der Waals surface area contributed by atoms with Crippen LogP contribution in [0.3, 0.4) is 0 Å². The molecule has 2 atom stereocenters. The molecule has 14 heteroatoms. The Kier molecular flexibility index (Phi) is 30.6. The molecule has 0 aliphatic carbocycles. The van der Waals surface area contributed by atoms with E-state index in [9.17, 15) is 9.13 Å². The molecule has 0 amide bonds. The normalized spacial score (nSPS) is 18.3. The topological polar surface area (TPSA) is 109 Å². The second kappa shape index (κ2) is 33.5. The van der Waals surface area contributed by atoms with E-state index in [-0.39, 0.29) is 19.8 Å². The van der Waals surface area contributed by atoms with Crippen molar-refractivity contribution in [2.45, 2.75) is 195 Å². The van der Waals surface area contributed by atoms with E-state index in [1.165, 1.54) is 122 Å². The Morgan fingerprint density at radius 1 is 0.414 bits per heavy atom. The Bertz CT molecular complexity index is 1180.